The third-order valence-electron chi connectivity index (χ3n) is 3.64. The molecule has 0 atom stereocenters. The Labute approximate surface area is 174 Å². The van der Waals surface area contributed by atoms with Gasteiger partial charge in [-0.25, -0.2) is 0 Å². The summed E-state index contributed by atoms with van der Waals surface area (Å²) in [5, 5.41) is 15.0. The number of carbonyl (C=O) groups is 2. The Balaban J connectivity index is 0. The zero-order valence-corrected chi connectivity index (χ0v) is 18.0. The van der Waals surface area contributed by atoms with Crippen LogP contribution in [0.1, 0.15) is 39.5 Å². The van der Waals surface area contributed by atoms with Crippen molar-refractivity contribution in [1.82, 2.24) is 10.6 Å². The molecule has 0 aliphatic heterocycles. The molecule has 0 unspecified atom stereocenters. The minimum absolute atomic E-state index is 0.0824. The molecule has 29 heavy (non-hydrogen) atoms. The highest BCUT2D eigenvalue weighted by Gasteiger charge is 2.24. The van der Waals surface area contributed by atoms with Gasteiger partial charge in [0.2, 0.25) is 11.8 Å². The molecular weight excluding hydrogens is 383 g/mol. The van der Waals surface area contributed by atoms with Crippen LogP contribution in [0.5, 0.6) is 0 Å². The number of carbonyl (C=O) groups excluding carboxylic acids is 2. The summed E-state index contributed by atoms with van der Waals surface area (Å²) in [4.78, 5) is 23.1. The van der Waals surface area contributed by atoms with Gasteiger partial charge in [-0.15, -0.1) is 0 Å². The number of amides is 2. The Bertz CT molecular complexity index is 373. The quantitative estimate of drug-likeness (QED) is 0.201. The number of nitrogens with one attached hydrogen (secondary N) is 2. The molecule has 7 N–H and O–H groups in total. The maximum absolute atomic E-state index is 11.5. The molecule has 0 aliphatic carbocycles. The summed E-state index contributed by atoms with van der Waals surface area (Å²) < 4.78 is 21.3. The van der Waals surface area contributed by atoms with Gasteiger partial charge in [-0.1, -0.05) is 6.92 Å². The number of hydrogen-bond acceptors (Lipinski definition) is 7. The van der Waals surface area contributed by atoms with Crippen LogP contribution in [0, 0.1) is 5.41 Å². The van der Waals surface area contributed by atoms with Gasteiger partial charge in [-0.2, -0.15) is 0 Å². The van der Waals surface area contributed by atoms with E-state index in [-0.39, 0.29) is 64.4 Å². The molecule has 2 amide bonds. The van der Waals surface area contributed by atoms with Gasteiger partial charge in [0.05, 0.1) is 39.7 Å². The number of aliphatic hydroxyl groups excluding tert-OH is 1. The predicted molar refractivity (Wildman–Crippen MR) is 111 cm³/mol. The molecule has 0 heterocycles. The first kappa shape index (κ1) is 29.9. The molecule has 0 aromatic heterocycles. The highest BCUT2D eigenvalue weighted by Crippen LogP contribution is 2.16. The number of nitrogens with two attached hydrogens (primary N) is 2. The highest BCUT2D eigenvalue weighted by molar-refractivity contribution is 5.76. The van der Waals surface area contributed by atoms with Crippen molar-refractivity contribution < 1.29 is 28.6 Å². The lowest BCUT2D eigenvalue weighted by atomic mass is 9.94. The molecule has 0 aromatic rings. The van der Waals surface area contributed by atoms with E-state index in [4.69, 9.17) is 20.9 Å². The van der Waals surface area contributed by atoms with Crippen LogP contribution in [0.2, 0.25) is 0 Å². The second kappa shape index (κ2) is 21.4. The van der Waals surface area contributed by atoms with Crippen LogP contribution in [0.3, 0.4) is 0 Å². The number of rotatable bonds is 17. The summed E-state index contributed by atoms with van der Waals surface area (Å²) >= 11 is 0. The van der Waals surface area contributed by atoms with Gasteiger partial charge in [-0.05, 0) is 32.9 Å². The van der Waals surface area contributed by atoms with Crippen molar-refractivity contribution in [2.24, 2.45) is 16.9 Å². The SMILES string of the molecule is CC(CO)(COCCC(=O)NCCCN)COCCC(=O)NCCCN.CCF. The first-order valence-electron chi connectivity index (χ1n) is 10.1. The summed E-state index contributed by atoms with van der Waals surface area (Å²) in [5.74, 6) is -0.165. The number of hydrogen-bond donors (Lipinski definition) is 5. The average Bonchev–Trinajstić information content (AvgIpc) is 2.70. The summed E-state index contributed by atoms with van der Waals surface area (Å²) in [7, 11) is 0. The second-order valence-electron chi connectivity index (χ2n) is 6.83. The minimum Gasteiger partial charge on any atom is -0.396 e. The lowest BCUT2D eigenvalue weighted by molar-refractivity contribution is -0.122. The van der Waals surface area contributed by atoms with Gasteiger partial charge in [0.25, 0.3) is 0 Å². The van der Waals surface area contributed by atoms with Gasteiger partial charge in [0.1, 0.15) is 0 Å². The predicted octanol–water partition coefficient (Wildman–Crippen LogP) is -0.296. The maximum Gasteiger partial charge on any atom is 0.222 e. The first-order chi connectivity index (χ1) is 13.9. The number of aliphatic hydroxyl groups is 1. The Morgan fingerprint density at radius 1 is 0.966 bits per heavy atom. The van der Waals surface area contributed by atoms with Gasteiger partial charge in [0, 0.05) is 31.3 Å². The van der Waals surface area contributed by atoms with Crippen molar-refractivity contribution >= 4 is 11.8 Å². The number of halogens is 1. The van der Waals surface area contributed by atoms with Crippen LogP contribution >= 0.6 is 0 Å². The van der Waals surface area contributed by atoms with E-state index in [9.17, 15) is 19.1 Å². The van der Waals surface area contributed by atoms with Crippen molar-refractivity contribution in [1.29, 1.82) is 0 Å². The normalized spacial score (nSPS) is 10.8. The lowest BCUT2D eigenvalue weighted by Crippen LogP contribution is -2.34. The molecule has 0 aliphatic rings. The van der Waals surface area contributed by atoms with Crippen LogP contribution in [-0.2, 0) is 19.1 Å². The van der Waals surface area contributed by atoms with E-state index >= 15 is 0 Å². The molecular formula is C19H41FN4O5. The first-order valence-corrected chi connectivity index (χ1v) is 10.1. The number of ether oxygens (including phenoxy) is 2. The molecule has 0 spiro atoms. The van der Waals surface area contributed by atoms with Crippen molar-refractivity contribution in [3.63, 3.8) is 0 Å². The van der Waals surface area contributed by atoms with E-state index in [0.29, 0.717) is 26.2 Å². The third-order valence-corrected chi connectivity index (χ3v) is 3.64. The lowest BCUT2D eigenvalue weighted by Gasteiger charge is -2.26. The van der Waals surface area contributed by atoms with E-state index in [2.05, 4.69) is 10.6 Å². The van der Waals surface area contributed by atoms with Gasteiger partial charge in [-0.3, -0.25) is 14.0 Å². The van der Waals surface area contributed by atoms with Crippen molar-refractivity contribution in [2.45, 2.75) is 39.5 Å². The minimum atomic E-state index is -0.577. The molecule has 0 saturated heterocycles. The Kier molecular flexibility index (Phi) is 22.0. The fourth-order valence-electron chi connectivity index (χ4n) is 1.94. The van der Waals surface area contributed by atoms with E-state index in [0.717, 1.165) is 12.8 Å². The Morgan fingerprint density at radius 3 is 1.66 bits per heavy atom. The van der Waals surface area contributed by atoms with Crippen LogP contribution in [-0.4, -0.2) is 82.8 Å². The standard InChI is InChI=1S/C17H36N4O5.C2H5F/c1-17(12-22,13-25-10-4-15(23)20-8-2-6-18)14-26-11-5-16(24)21-9-3-7-19;1-2-3/h22H,2-14,18-19H2,1H3,(H,20,23)(H,21,24);2H2,1H3. The fraction of sp³-hybridized carbons (Fsp3) is 0.895. The molecule has 0 aromatic carbocycles. The Morgan fingerprint density at radius 2 is 1.34 bits per heavy atom. The van der Waals surface area contributed by atoms with Crippen LogP contribution < -0.4 is 22.1 Å². The molecule has 174 valence electrons. The zero-order chi connectivity index (χ0) is 22.4. The van der Waals surface area contributed by atoms with Crippen molar-refractivity contribution in [2.75, 3.05) is 65.9 Å². The average molecular weight is 425 g/mol. The highest BCUT2D eigenvalue weighted by atomic mass is 19.1. The van der Waals surface area contributed by atoms with Crippen LogP contribution in [0.15, 0.2) is 0 Å². The fourth-order valence-corrected chi connectivity index (χ4v) is 1.94. The second-order valence-corrected chi connectivity index (χ2v) is 6.83. The monoisotopic (exact) mass is 424 g/mol. The Hall–Kier alpha value is -1.33. The molecule has 9 nitrogen and oxygen atoms in total. The molecule has 0 bridgehead atoms. The summed E-state index contributed by atoms with van der Waals surface area (Å²) in [6.45, 7) is 6.22. The van der Waals surface area contributed by atoms with Gasteiger partial charge in [0.15, 0.2) is 0 Å². The largest absolute Gasteiger partial charge is 0.396 e. The zero-order valence-electron chi connectivity index (χ0n) is 18.0. The smallest absolute Gasteiger partial charge is 0.222 e. The topological polar surface area (TPSA) is 149 Å². The van der Waals surface area contributed by atoms with Crippen LogP contribution in [0.4, 0.5) is 4.39 Å². The van der Waals surface area contributed by atoms with E-state index in [1.807, 2.05) is 6.92 Å². The van der Waals surface area contributed by atoms with Crippen molar-refractivity contribution in [3.05, 3.63) is 0 Å². The van der Waals surface area contributed by atoms with E-state index in [1.54, 1.807) is 0 Å². The molecule has 0 rings (SSSR count). The summed E-state index contributed by atoms with van der Waals surface area (Å²) in [6.07, 6.45) is 2.01. The van der Waals surface area contributed by atoms with Gasteiger partial charge >= 0.3 is 0 Å². The van der Waals surface area contributed by atoms with E-state index < -0.39 is 5.41 Å². The van der Waals surface area contributed by atoms with Crippen LogP contribution in [0.25, 0.3) is 0 Å². The molecule has 0 saturated carbocycles. The molecule has 10 heteroatoms. The molecule has 0 radical (unpaired) electrons. The van der Waals surface area contributed by atoms with Gasteiger partial charge < -0.3 is 36.7 Å². The maximum atomic E-state index is 11.5. The third kappa shape index (κ3) is 21.2. The van der Waals surface area contributed by atoms with Crippen molar-refractivity contribution in [3.8, 4) is 0 Å². The summed E-state index contributed by atoms with van der Waals surface area (Å²) in [6, 6.07) is 0. The molecule has 0 fully saturated rings. The number of alkyl halides is 1. The summed E-state index contributed by atoms with van der Waals surface area (Å²) in [5.41, 5.74) is 10.1. The van der Waals surface area contributed by atoms with E-state index in [1.165, 1.54) is 6.92 Å².